The number of hydrogen-bond donors (Lipinski definition) is 2. The Morgan fingerprint density at radius 2 is 1.79 bits per heavy atom. The number of hydrogen-bond acceptors (Lipinski definition) is 2. The monoisotopic (exact) mass is 474 g/mol. The number of nitrogens with one attached hydrogen (secondary N) is 1. The van der Waals surface area contributed by atoms with Crippen molar-refractivity contribution in [2.45, 2.75) is 19.8 Å². The van der Waals surface area contributed by atoms with Crippen LogP contribution in [0.1, 0.15) is 42.0 Å². The molecule has 3 aromatic carbocycles. The molecule has 1 heterocycles. The van der Waals surface area contributed by atoms with Gasteiger partial charge in [0.15, 0.2) is 0 Å². The van der Waals surface area contributed by atoms with Crippen LogP contribution in [-0.2, 0) is 4.79 Å². The van der Waals surface area contributed by atoms with Gasteiger partial charge in [-0.2, -0.15) is 5.10 Å². The number of carboxylic acid groups (broad SMARTS) is 1. The van der Waals surface area contributed by atoms with Crippen LogP contribution in [0.25, 0.3) is 28.1 Å². The third-order valence-electron chi connectivity index (χ3n) is 5.76. The van der Waals surface area contributed by atoms with Crippen molar-refractivity contribution >= 4 is 46.2 Å². The van der Waals surface area contributed by atoms with Gasteiger partial charge in [-0.3, -0.25) is 9.89 Å². The summed E-state index contributed by atoms with van der Waals surface area (Å²) in [6, 6.07) is 19.6. The molecule has 6 heteroatoms. The fraction of sp³-hybridized carbons (Fsp3) is 0.143. The van der Waals surface area contributed by atoms with Crippen LogP contribution in [0.5, 0.6) is 0 Å². The molecule has 1 fully saturated rings. The van der Waals surface area contributed by atoms with E-state index < -0.39 is 0 Å². The highest BCUT2D eigenvalue weighted by atomic mass is 35.5. The lowest BCUT2D eigenvalue weighted by atomic mass is 9.86. The summed E-state index contributed by atoms with van der Waals surface area (Å²) in [5, 5.41) is 15.6. The summed E-state index contributed by atoms with van der Waals surface area (Å²) >= 11 is 6.56. The van der Waals surface area contributed by atoms with Crippen LogP contribution >= 0.6 is 11.6 Å². The van der Waals surface area contributed by atoms with E-state index in [1.165, 1.54) is 17.7 Å². The molecule has 1 aromatic heterocycles. The Morgan fingerprint density at radius 1 is 1.09 bits per heavy atom. The summed E-state index contributed by atoms with van der Waals surface area (Å²) < 4.78 is 13.8. The highest BCUT2D eigenvalue weighted by molar-refractivity contribution is 6.32. The number of aromatic amines is 1. The Bertz CT molecular complexity index is 1370. The van der Waals surface area contributed by atoms with Crippen LogP contribution in [-0.4, -0.2) is 21.8 Å². The lowest BCUT2D eigenvalue weighted by molar-refractivity contribution is -0.122. The summed E-state index contributed by atoms with van der Waals surface area (Å²) in [6.07, 6.45) is 8.18. The van der Waals surface area contributed by atoms with E-state index in [0.717, 1.165) is 51.6 Å². The number of fused-ring (bicyclic) bond motifs is 1. The highest BCUT2D eigenvalue weighted by Gasteiger charge is 2.31. The van der Waals surface area contributed by atoms with Gasteiger partial charge in [-0.25, -0.2) is 4.39 Å². The van der Waals surface area contributed by atoms with Crippen molar-refractivity contribution < 1.29 is 14.3 Å². The second kappa shape index (κ2) is 10.5. The summed E-state index contributed by atoms with van der Waals surface area (Å²) in [5.41, 5.74) is 7.62. The number of aromatic nitrogens is 2. The molecule has 1 aliphatic carbocycles. The van der Waals surface area contributed by atoms with Crippen molar-refractivity contribution in [3.63, 3.8) is 0 Å². The Balaban J connectivity index is 0.000000868. The number of halogens is 2. The quantitative estimate of drug-likeness (QED) is 0.233. The predicted molar refractivity (Wildman–Crippen MR) is 136 cm³/mol. The zero-order chi connectivity index (χ0) is 24.1. The maximum Gasteiger partial charge on any atom is 0.290 e. The number of rotatable bonds is 5. The molecule has 0 atom stereocenters. The molecular weight excluding hydrogens is 451 g/mol. The van der Waals surface area contributed by atoms with E-state index in [1.54, 1.807) is 0 Å². The van der Waals surface area contributed by atoms with Gasteiger partial charge in [0, 0.05) is 5.39 Å². The molecule has 172 valence electrons. The first-order valence-electron chi connectivity index (χ1n) is 11.0. The maximum absolute atomic E-state index is 13.8. The fourth-order valence-electron chi connectivity index (χ4n) is 4.17. The van der Waals surface area contributed by atoms with Crippen molar-refractivity contribution in [3.05, 3.63) is 106 Å². The van der Waals surface area contributed by atoms with Crippen molar-refractivity contribution in [1.82, 2.24) is 10.2 Å². The van der Waals surface area contributed by atoms with Gasteiger partial charge in [0.2, 0.25) is 0 Å². The molecule has 1 aliphatic rings. The summed E-state index contributed by atoms with van der Waals surface area (Å²) in [4.78, 5) is 8.36. The van der Waals surface area contributed by atoms with E-state index in [-0.39, 0.29) is 12.3 Å². The standard InChI is InChI=1S/C27H22ClFN2.CH2O2/c1-2-3-17-4-6-18(7-5-17)26(20-10-13-25-21(14-20)16-30-31-25)27(19-8-9-19)23-12-11-22(29)15-24(23)28;2-1-3/h2-7,10-16,19H,8-9H2,1H3,(H,30,31);1H,(H,2,3)/b3-2+,27-26+;. The summed E-state index contributed by atoms with van der Waals surface area (Å²) in [5.74, 6) is 0.0918. The molecule has 0 amide bonds. The lowest BCUT2D eigenvalue weighted by Crippen LogP contribution is -1.99. The van der Waals surface area contributed by atoms with Crippen LogP contribution in [0.3, 0.4) is 0 Å². The normalized spacial score (nSPS) is 14.0. The van der Waals surface area contributed by atoms with Crippen molar-refractivity contribution in [2.24, 2.45) is 5.92 Å². The second-order valence-corrected chi connectivity index (χ2v) is 8.49. The predicted octanol–water partition coefficient (Wildman–Crippen LogP) is 7.46. The molecule has 5 rings (SSSR count). The average molecular weight is 475 g/mol. The lowest BCUT2D eigenvalue weighted by Gasteiger charge is -2.18. The van der Waals surface area contributed by atoms with Crippen molar-refractivity contribution in [2.75, 3.05) is 0 Å². The first kappa shape index (κ1) is 23.5. The molecule has 0 aliphatic heterocycles. The Labute approximate surface area is 202 Å². The minimum absolute atomic E-state index is 0.250. The smallest absolute Gasteiger partial charge is 0.290 e. The van der Waals surface area contributed by atoms with E-state index in [1.807, 2.05) is 25.3 Å². The minimum Gasteiger partial charge on any atom is -0.483 e. The van der Waals surface area contributed by atoms with E-state index >= 15 is 0 Å². The van der Waals surface area contributed by atoms with E-state index in [4.69, 9.17) is 21.5 Å². The SMILES string of the molecule is C/C=C/c1ccc(/C(=C(\c2ccc(F)cc2Cl)C2CC2)c2ccc3[nH]ncc3c2)cc1.O=CO. The van der Waals surface area contributed by atoms with Crippen LogP contribution in [0, 0.1) is 11.7 Å². The molecule has 0 unspecified atom stereocenters. The zero-order valence-corrected chi connectivity index (χ0v) is 19.4. The van der Waals surface area contributed by atoms with Crippen LogP contribution in [0.15, 0.2) is 72.9 Å². The molecular formula is C28H24ClFN2O2. The maximum atomic E-state index is 13.8. The van der Waals surface area contributed by atoms with Crippen LogP contribution < -0.4 is 0 Å². The molecule has 0 bridgehead atoms. The van der Waals surface area contributed by atoms with Crippen LogP contribution in [0.2, 0.25) is 5.02 Å². The molecule has 4 aromatic rings. The second-order valence-electron chi connectivity index (χ2n) is 8.09. The third-order valence-corrected chi connectivity index (χ3v) is 6.08. The van der Waals surface area contributed by atoms with Gasteiger partial charge in [-0.05, 0) is 83.3 Å². The van der Waals surface area contributed by atoms with Gasteiger partial charge in [0.1, 0.15) is 5.82 Å². The Hall–Kier alpha value is -3.70. The first-order valence-corrected chi connectivity index (χ1v) is 11.4. The van der Waals surface area contributed by atoms with Crippen molar-refractivity contribution in [1.29, 1.82) is 0 Å². The van der Waals surface area contributed by atoms with Gasteiger partial charge in [0.25, 0.3) is 6.47 Å². The fourth-order valence-corrected chi connectivity index (χ4v) is 4.44. The van der Waals surface area contributed by atoms with Gasteiger partial charge in [-0.1, -0.05) is 60.2 Å². The molecule has 0 spiro atoms. The molecule has 2 N–H and O–H groups in total. The summed E-state index contributed by atoms with van der Waals surface area (Å²) in [7, 11) is 0. The molecule has 0 saturated heterocycles. The Kier molecular flexibility index (Phi) is 7.24. The number of allylic oxidation sites excluding steroid dienone is 2. The average Bonchev–Trinajstić information content (AvgIpc) is 3.55. The van der Waals surface area contributed by atoms with E-state index in [9.17, 15) is 4.39 Å². The molecule has 0 radical (unpaired) electrons. The third kappa shape index (κ3) is 5.10. The largest absolute Gasteiger partial charge is 0.483 e. The molecule has 4 nitrogen and oxygen atoms in total. The molecule has 34 heavy (non-hydrogen) atoms. The summed E-state index contributed by atoms with van der Waals surface area (Å²) in [6.45, 7) is 1.76. The molecule has 1 saturated carbocycles. The van der Waals surface area contributed by atoms with Crippen LogP contribution in [0.4, 0.5) is 4.39 Å². The topological polar surface area (TPSA) is 66.0 Å². The van der Waals surface area contributed by atoms with E-state index in [0.29, 0.717) is 10.9 Å². The number of nitrogens with zero attached hydrogens (tertiary/aromatic N) is 1. The minimum atomic E-state index is -0.319. The first-order chi connectivity index (χ1) is 16.5. The van der Waals surface area contributed by atoms with Gasteiger partial charge in [-0.15, -0.1) is 0 Å². The Morgan fingerprint density at radius 3 is 2.44 bits per heavy atom. The number of benzene rings is 3. The number of carbonyl (C=O) groups is 1. The van der Waals surface area contributed by atoms with Gasteiger partial charge < -0.3 is 5.11 Å². The van der Waals surface area contributed by atoms with Gasteiger partial charge >= 0.3 is 0 Å². The van der Waals surface area contributed by atoms with Gasteiger partial charge in [0.05, 0.1) is 16.7 Å². The van der Waals surface area contributed by atoms with E-state index in [2.05, 4.69) is 58.7 Å². The number of H-pyrrole nitrogens is 1. The highest BCUT2D eigenvalue weighted by Crippen LogP contribution is 2.49. The van der Waals surface area contributed by atoms with Crippen molar-refractivity contribution in [3.8, 4) is 0 Å². The zero-order valence-electron chi connectivity index (χ0n) is 18.6.